The van der Waals surface area contributed by atoms with Gasteiger partial charge in [-0.1, -0.05) is 44.7 Å². The Morgan fingerprint density at radius 3 is 2.51 bits per heavy atom. The number of hydrogen-bond acceptors (Lipinski definition) is 7. The van der Waals surface area contributed by atoms with E-state index in [1.165, 1.54) is 0 Å². The number of benzene rings is 1. The SMILES string of the molecule is CCCCC[C@H](O)CC[C@@H]1[C@H]2Cc3cccc(OC(=O)[O-])c3C[C@H]2C[C@H]1O.NC(=[NH2+])CCCC[C@H](N)C(=O)O. The van der Waals surface area contributed by atoms with Crippen molar-refractivity contribution in [2.24, 2.45) is 29.2 Å². The second-order valence-electron chi connectivity index (χ2n) is 11.0. The molecule has 10 heteroatoms. The largest absolute Gasteiger partial charge is 0.514 e. The van der Waals surface area contributed by atoms with Crippen LogP contribution in [0.25, 0.3) is 0 Å². The zero-order valence-electron chi connectivity index (χ0n) is 23.1. The maximum Gasteiger partial charge on any atom is 0.320 e. The second kappa shape index (κ2) is 16.4. The van der Waals surface area contributed by atoms with Crippen molar-refractivity contribution in [1.29, 1.82) is 0 Å². The Morgan fingerprint density at radius 2 is 1.87 bits per heavy atom. The highest BCUT2D eigenvalue weighted by atomic mass is 16.7. The lowest BCUT2D eigenvalue weighted by Gasteiger charge is -2.33. The first-order valence-electron chi connectivity index (χ1n) is 14.2. The van der Waals surface area contributed by atoms with E-state index in [1.54, 1.807) is 6.07 Å². The lowest BCUT2D eigenvalue weighted by molar-refractivity contribution is -0.271. The zero-order valence-corrected chi connectivity index (χ0v) is 23.1. The minimum absolute atomic E-state index is 0.203. The third-order valence-corrected chi connectivity index (χ3v) is 8.06. The number of carboxylic acids is 1. The van der Waals surface area contributed by atoms with E-state index in [1.807, 2.05) is 12.1 Å². The molecular weight excluding hydrogens is 502 g/mol. The van der Waals surface area contributed by atoms with Gasteiger partial charge in [0.05, 0.1) is 18.0 Å². The number of amidine groups is 1. The average Bonchev–Trinajstić information content (AvgIpc) is 3.18. The molecule has 1 saturated carbocycles. The maximum absolute atomic E-state index is 10.8. The molecule has 1 fully saturated rings. The van der Waals surface area contributed by atoms with E-state index < -0.39 is 18.2 Å². The van der Waals surface area contributed by atoms with Crippen LogP contribution in [0.4, 0.5) is 4.79 Å². The number of carboxylic acid groups (broad SMARTS) is 2. The van der Waals surface area contributed by atoms with E-state index in [0.717, 1.165) is 81.8 Å². The fourth-order valence-corrected chi connectivity index (χ4v) is 5.97. The van der Waals surface area contributed by atoms with Gasteiger partial charge in [-0.2, -0.15) is 0 Å². The normalized spacial score (nSPS) is 23.0. The van der Waals surface area contributed by atoms with Gasteiger partial charge in [-0.25, -0.2) is 0 Å². The monoisotopic (exact) mass is 549 g/mol. The highest BCUT2D eigenvalue weighted by Gasteiger charge is 2.44. The van der Waals surface area contributed by atoms with Crippen molar-refractivity contribution in [2.45, 2.75) is 109 Å². The number of nitrogens with two attached hydrogens (primary N) is 3. The molecule has 0 heterocycles. The number of aliphatic hydroxyl groups is 2. The second-order valence-corrected chi connectivity index (χ2v) is 11.0. The quantitative estimate of drug-likeness (QED) is 0.0640. The molecule has 2 aliphatic rings. The first-order chi connectivity index (χ1) is 18.5. The smallest absolute Gasteiger partial charge is 0.320 e. The molecule has 10 nitrogen and oxygen atoms in total. The fourth-order valence-electron chi connectivity index (χ4n) is 5.97. The molecule has 1 aromatic rings. The Labute approximate surface area is 231 Å². The number of ether oxygens (including phenoxy) is 1. The van der Waals surface area contributed by atoms with Crippen LogP contribution in [0.1, 0.15) is 88.7 Å². The number of hydrogen-bond donors (Lipinski definition) is 6. The molecule has 1 aromatic carbocycles. The standard InChI is InChI=1S/C22H32O5.C7H15N3O2/c1-2-3-4-7-16(23)9-10-17-18-11-14-6-5-8-21(27-22(25)26)19(14)12-15(18)13-20(17)24;8-5(7(11)12)3-1-2-4-6(9)10/h5-6,8,15-18,20,23-24H,2-4,7,9-13H2,1H3,(H,25,26);5H,1-4,8H2,(H3,9,10)(H,11,12)/t15-,16-,17+,18-,20+;5-/m00/s1. The number of aliphatic carboxylic acids is 1. The molecule has 39 heavy (non-hydrogen) atoms. The molecule has 0 saturated heterocycles. The summed E-state index contributed by atoms with van der Waals surface area (Å²) in [6.07, 6.45) is 8.59. The molecule has 0 aliphatic heterocycles. The van der Waals surface area contributed by atoms with E-state index in [4.69, 9.17) is 26.7 Å². The first kappa shape index (κ1) is 32.5. The topological polar surface area (TPSA) is 205 Å². The van der Waals surface area contributed by atoms with E-state index in [-0.39, 0.29) is 18.1 Å². The Bertz CT molecular complexity index is 941. The van der Waals surface area contributed by atoms with Gasteiger partial charge < -0.3 is 35.7 Å². The maximum atomic E-state index is 10.8. The van der Waals surface area contributed by atoms with Crippen molar-refractivity contribution in [1.82, 2.24) is 0 Å². The van der Waals surface area contributed by atoms with E-state index in [9.17, 15) is 24.9 Å². The van der Waals surface area contributed by atoms with Gasteiger partial charge in [0, 0.05) is 6.42 Å². The summed E-state index contributed by atoms with van der Waals surface area (Å²) >= 11 is 0. The van der Waals surface area contributed by atoms with Crippen molar-refractivity contribution >= 4 is 18.0 Å². The molecule has 220 valence electrons. The summed E-state index contributed by atoms with van der Waals surface area (Å²) in [4.78, 5) is 21.1. The molecule has 0 spiro atoms. The van der Waals surface area contributed by atoms with E-state index in [0.29, 0.717) is 36.3 Å². The number of carbonyl (C=O) groups excluding carboxylic acids is 1. The number of aliphatic hydroxyl groups excluding tert-OH is 2. The summed E-state index contributed by atoms with van der Waals surface area (Å²) < 4.78 is 4.85. The van der Waals surface area contributed by atoms with Crippen LogP contribution in [0.15, 0.2) is 18.2 Å². The Kier molecular flexibility index (Phi) is 13.7. The van der Waals surface area contributed by atoms with Crippen molar-refractivity contribution in [3.63, 3.8) is 0 Å². The van der Waals surface area contributed by atoms with Crippen LogP contribution in [0.2, 0.25) is 0 Å². The van der Waals surface area contributed by atoms with Gasteiger partial charge in [-0.15, -0.1) is 0 Å². The molecule has 0 amide bonds. The molecule has 6 atom stereocenters. The van der Waals surface area contributed by atoms with Gasteiger partial charge >= 0.3 is 5.97 Å². The molecule has 0 aromatic heterocycles. The number of carbonyl (C=O) groups is 2. The van der Waals surface area contributed by atoms with Crippen LogP contribution in [-0.4, -0.2) is 51.5 Å². The van der Waals surface area contributed by atoms with Crippen molar-refractivity contribution in [2.75, 3.05) is 0 Å². The predicted molar refractivity (Wildman–Crippen MR) is 146 cm³/mol. The van der Waals surface area contributed by atoms with Crippen LogP contribution in [0.3, 0.4) is 0 Å². The molecule has 9 N–H and O–H groups in total. The summed E-state index contributed by atoms with van der Waals surface area (Å²) in [7, 11) is 0. The first-order valence-corrected chi connectivity index (χ1v) is 14.2. The third-order valence-electron chi connectivity index (χ3n) is 8.06. The van der Waals surface area contributed by atoms with Crippen LogP contribution in [0, 0.1) is 17.8 Å². The lowest BCUT2D eigenvalue weighted by atomic mass is 9.73. The summed E-state index contributed by atoms with van der Waals surface area (Å²) in [6.45, 7) is 2.16. The predicted octanol–water partition coefficient (Wildman–Crippen LogP) is 0.917. The van der Waals surface area contributed by atoms with Crippen LogP contribution >= 0.6 is 0 Å². The highest BCUT2D eigenvalue weighted by Crippen LogP contribution is 2.48. The Hall–Kier alpha value is -2.69. The van der Waals surface area contributed by atoms with Gasteiger partial charge in [-0.05, 0) is 86.3 Å². The average molecular weight is 550 g/mol. The number of fused-ring (bicyclic) bond motifs is 2. The van der Waals surface area contributed by atoms with Crippen LogP contribution in [0.5, 0.6) is 5.75 Å². The lowest BCUT2D eigenvalue weighted by Crippen LogP contribution is -2.45. The van der Waals surface area contributed by atoms with Gasteiger partial charge in [0.25, 0.3) is 6.16 Å². The molecular formula is C29H47N3O7. The number of rotatable bonds is 14. The summed E-state index contributed by atoms with van der Waals surface area (Å²) in [5, 5.41) is 45.3. The van der Waals surface area contributed by atoms with Crippen molar-refractivity contribution in [3.8, 4) is 5.75 Å². The molecule has 0 unspecified atom stereocenters. The van der Waals surface area contributed by atoms with Gasteiger partial charge in [0.15, 0.2) is 0 Å². The minimum atomic E-state index is -1.54. The van der Waals surface area contributed by atoms with Crippen molar-refractivity contribution in [3.05, 3.63) is 29.3 Å². The summed E-state index contributed by atoms with van der Waals surface area (Å²) in [5.74, 6) is 0.721. The third kappa shape index (κ3) is 10.8. The van der Waals surface area contributed by atoms with E-state index >= 15 is 0 Å². The van der Waals surface area contributed by atoms with Crippen LogP contribution < -0.4 is 26.7 Å². The summed E-state index contributed by atoms with van der Waals surface area (Å²) in [5.41, 5.74) is 12.5. The van der Waals surface area contributed by atoms with E-state index in [2.05, 4.69) is 6.92 Å². The highest BCUT2D eigenvalue weighted by molar-refractivity contribution is 5.74. The summed E-state index contributed by atoms with van der Waals surface area (Å²) in [6, 6.07) is 4.75. The van der Waals surface area contributed by atoms with Crippen LogP contribution in [-0.2, 0) is 17.6 Å². The Morgan fingerprint density at radius 1 is 1.15 bits per heavy atom. The Balaban J connectivity index is 0.000000377. The van der Waals surface area contributed by atoms with Gasteiger partial charge in [-0.3, -0.25) is 15.9 Å². The molecule has 3 rings (SSSR count). The molecule has 2 aliphatic carbocycles. The number of unbranched alkanes of at least 4 members (excludes halogenated alkanes) is 3. The van der Waals surface area contributed by atoms with Crippen molar-refractivity contribution < 1.29 is 40.2 Å². The van der Waals surface area contributed by atoms with Gasteiger partial charge in [0.1, 0.15) is 6.04 Å². The van der Waals surface area contributed by atoms with Gasteiger partial charge in [0.2, 0.25) is 5.84 Å². The molecule has 0 bridgehead atoms. The molecule has 0 radical (unpaired) electrons. The minimum Gasteiger partial charge on any atom is -0.514 e. The zero-order chi connectivity index (χ0) is 28.9. The fraction of sp³-hybridized carbons (Fsp3) is 0.690.